The standard InChI is InChI=1S/C14H18O/c1-11(12-6-2-3-7-12)14-9-5-4-8-13(14)10-15/h4-5,8-12H,2-3,6-7H2,1H3. The van der Waals surface area contributed by atoms with Crippen molar-refractivity contribution in [3.8, 4) is 0 Å². The molecule has 15 heavy (non-hydrogen) atoms. The molecule has 1 heteroatoms. The minimum atomic E-state index is 0.536. The maximum Gasteiger partial charge on any atom is 0.150 e. The van der Waals surface area contributed by atoms with E-state index in [-0.39, 0.29) is 0 Å². The molecular weight excluding hydrogens is 184 g/mol. The Balaban J connectivity index is 2.23. The van der Waals surface area contributed by atoms with Crippen LogP contribution in [0.25, 0.3) is 0 Å². The summed E-state index contributed by atoms with van der Waals surface area (Å²) >= 11 is 0. The van der Waals surface area contributed by atoms with Crippen LogP contribution in [0.5, 0.6) is 0 Å². The molecule has 1 aliphatic rings. The van der Waals surface area contributed by atoms with Crippen LogP contribution < -0.4 is 0 Å². The number of benzene rings is 1. The molecule has 1 unspecified atom stereocenters. The molecule has 0 bridgehead atoms. The second-order valence-electron chi connectivity index (χ2n) is 4.58. The third-order valence-electron chi connectivity index (χ3n) is 3.72. The van der Waals surface area contributed by atoms with Crippen molar-refractivity contribution in [2.45, 2.75) is 38.5 Å². The largest absolute Gasteiger partial charge is 0.298 e. The van der Waals surface area contributed by atoms with E-state index in [1.54, 1.807) is 0 Å². The van der Waals surface area contributed by atoms with E-state index in [0.717, 1.165) is 17.8 Å². The zero-order chi connectivity index (χ0) is 10.7. The van der Waals surface area contributed by atoms with Gasteiger partial charge in [0.05, 0.1) is 0 Å². The lowest BCUT2D eigenvalue weighted by atomic mass is 9.84. The fourth-order valence-corrected chi connectivity index (χ4v) is 2.74. The van der Waals surface area contributed by atoms with Crippen LogP contribution in [0, 0.1) is 5.92 Å². The monoisotopic (exact) mass is 202 g/mol. The highest BCUT2D eigenvalue weighted by Gasteiger charge is 2.23. The van der Waals surface area contributed by atoms with Crippen LogP contribution in [0.3, 0.4) is 0 Å². The van der Waals surface area contributed by atoms with Gasteiger partial charge in [-0.2, -0.15) is 0 Å². The highest BCUT2D eigenvalue weighted by Crippen LogP contribution is 2.37. The second-order valence-corrected chi connectivity index (χ2v) is 4.58. The molecule has 2 rings (SSSR count). The van der Waals surface area contributed by atoms with Crippen LogP contribution in [0.4, 0.5) is 0 Å². The minimum absolute atomic E-state index is 0.536. The van der Waals surface area contributed by atoms with Gasteiger partial charge in [-0.25, -0.2) is 0 Å². The predicted octanol–water partition coefficient (Wildman–Crippen LogP) is 3.79. The topological polar surface area (TPSA) is 17.1 Å². The van der Waals surface area contributed by atoms with Gasteiger partial charge in [0.25, 0.3) is 0 Å². The summed E-state index contributed by atoms with van der Waals surface area (Å²) < 4.78 is 0. The van der Waals surface area contributed by atoms with Gasteiger partial charge in [-0.15, -0.1) is 0 Å². The summed E-state index contributed by atoms with van der Waals surface area (Å²) in [7, 11) is 0. The minimum Gasteiger partial charge on any atom is -0.298 e. The van der Waals surface area contributed by atoms with E-state index < -0.39 is 0 Å². The van der Waals surface area contributed by atoms with Gasteiger partial charge in [-0.1, -0.05) is 44.0 Å². The van der Waals surface area contributed by atoms with Crippen LogP contribution in [-0.4, -0.2) is 6.29 Å². The first-order chi connectivity index (χ1) is 7.33. The highest BCUT2D eigenvalue weighted by atomic mass is 16.1. The van der Waals surface area contributed by atoms with Gasteiger partial charge in [0.15, 0.2) is 0 Å². The van der Waals surface area contributed by atoms with E-state index in [0.29, 0.717) is 5.92 Å². The van der Waals surface area contributed by atoms with Gasteiger partial charge in [0, 0.05) is 5.56 Å². The Bertz CT molecular complexity index is 337. The first kappa shape index (κ1) is 10.4. The third kappa shape index (κ3) is 2.11. The Morgan fingerprint density at radius 3 is 2.60 bits per heavy atom. The molecule has 1 fully saturated rings. The molecule has 0 saturated heterocycles. The summed E-state index contributed by atoms with van der Waals surface area (Å²) in [5, 5.41) is 0. The normalized spacial score (nSPS) is 19.0. The molecule has 1 atom stereocenters. The molecule has 0 amide bonds. The van der Waals surface area contributed by atoms with Crippen molar-refractivity contribution in [3.05, 3.63) is 35.4 Å². The van der Waals surface area contributed by atoms with Crippen molar-refractivity contribution in [3.63, 3.8) is 0 Å². The number of carbonyl (C=O) groups is 1. The van der Waals surface area contributed by atoms with Crippen molar-refractivity contribution in [1.29, 1.82) is 0 Å². The van der Waals surface area contributed by atoms with E-state index in [1.165, 1.54) is 31.2 Å². The Labute approximate surface area is 91.5 Å². The average molecular weight is 202 g/mol. The molecule has 0 aromatic heterocycles. The summed E-state index contributed by atoms with van der Waals surface area (Å²) in [6.07, 6.45) is 6.36. The van der Waals surface area contributed by atoms with Gasteiger partial charge in [0.1, 0.15) is 6.29 Å². The van der Waals surface area contributed by atoms with E-state index >= 15 is 0 Å². The van der Waals surface area contributed by atoms with Gasteiger partial charge in [-0.3, -0.25) is 4.79 Å². The summed E-state index contributed by atoms with van der Waals surface area (Å²) in [6, 6.07) is 8.00. The van der Waals surface area contributed by atoms with E-state index in [1.807, 2.05) is 18.2 Å². The summed E-state index contributed by atoms with van der Waals surface area (Å²) in [6.45, 7) is 2.26. The first-order valence-electron chi connectivity index (χ1n) is 5.87. The van der Waals surface area contributed by atoms with E-state index in [9.17, 15) is 4.79 Å². The summed E-state index contributed by atoms with van der Waals surface area (Å²) in [5.41, 5.74) is 2.11. The second kappa shape index (κ2) is 4.61. The Morgan fingerprint density at radius 1 is 1.27 bits per heavy atom. The lowest BCUT2D eigenvalue weighted by molar-refractivity contribution is 0.112. The van der Waals surface area contributed by atoms with E-state index in [2.05, 4.69) is 13.0 Å². The SMILES string of the molecule is CC(c1ccccc1C=O)C1CCCC1. The molecule has 1 aromatic carbocycles. The van der Waals surface area contributed by atoms with Gasteiger partial charge < -0.3 is 0 Å². The molecular formula is C14H18O. The lowest BCUT2D eigenvalue weighted by Gasteiger charge is -2.20. The molecule has 1 nitrogen and oxygen atoms in total. The van der Waals surface area contributed by atoms with Gasteiger partial charge >= 0.3 is 0 Å². The van der Waals surface area contributed by atoms with Crippen molar-refractivity contribution in [1.82, 2.24) is 0 Å². The van der Waals surface area contributed by atoms with Crippen LogP contribution in [0.1, 0.15) is 54.4 Å². The molecule has 0 heterocycles. The first-order valence-corrected chi connectivity index (χ1v) is 5.87. The zero-order valence-corrected chi connectivity index (χ0v) is 9.28. The van der Waals surface area contributed by atoms with Gasteiger partial charge in [0.2, 0.25) is 0 Å². The van der Waals surface area contributed by atoms with Crippen molar-refractivity contribution in [2.24, 2.45) is 5.92 Å². The molecule has 0 spiro atoms. The Morgan fingerprint density at radius 2 is 1.93 bits per heavy atom. The predicted molar refractivity (Wildman–Crippen MR) is 62.2 cm³/mol. The quantitative estimate of drug-likeness (QED) is 0.681. The Kier molecular flexibility index (Phi) is 3.20. The Hall–Kier alpha value is -1.11. The molecule has 0 radical (unpaired) electrons. The van der Waals surface area contributed by atoms with E-state index in [4.69, 9.17) is 0 Å². The number of hydrogen-bond acceptors (Lipinski definition) is 1. The molecule has 0 N–H and O–H groups in total. The maximum absolute atomic E-state index is 10.9. The number of rotatable bonds is 3. The molecule has 0 aliphatic heterocycles. The van der Waals surface area contributed by atoms with Crippen LogP contribution >= 0.6 is 0 Å². The smallest absolute Gasteiger partial charge is 0.150 e. The number of hydrogen-bond donors (Lipinski definition) is 0. The van der Waals surface area contributed by atoms with Crippen molar-refractivity contribution >= 4 is 6.29 Å². The van der Waals surface area contributed by atoms with Crippen LogP contribution in [-0.2, 0) is 0 Å². The summed E-state index contributed by atoms with van der Waals surface area (Å²) in [4.78, 5) is 10.9. The highest BCUT2D eigenvalue weighted by molar-refractivity contribution is 5.77. The fourth-order valence-electron chi connectivity index (χ4n) is 2.74. The fraction of sp³-hybridized carbons (Fsp3) is 0.500. The summed E-state index contributed by atoms with van der Waals surface area (Å²) in [5.74, 6) is 1.32. The molecule has 1 aromatic rings. The maximum atomic E-state index is 10.9. The van der Waals surface area contributed by atoms with Crippen LogP contribution in [0.2, 0.25) is 0 Å². The molecule has 80 valence electrons. The van der Waals surface area contributed by atoms with Crippen molar-refractivity contribution < 1.29 is 4.79 Å². The lowest BCUT2D eigenvalue weighted by Crippen LogP contribution is -2.08. The molecule has 1 saturated carbocycles. The zero-order valence-electron chi connectivity index (χ0n) is 9.28. The third-order valence-corrected chi connectivity index (χ3v) is 3.72. The number of carbonyl (C=O) groups excluding carboxylic acids is 1. The van der Waals surface area contributed by atoms with Gasteiger partial charge in [-0.05, 0) is 30.2 Å². The van der Waals surface area contributed by atoms with Crippen molar-refractivity contribution in [2.75, 3.05) is 0 Å². The molecule has 1 aliphatic carbocycles. The van der Waals surface area contributed by atoms with Crippen LogP contribution in [0.15, 0.2) is 24.3 Å². The number of aldehydes is 1. The average Bonchev–Trinajstić information content (AvgIpc) is 2.81.